The van der Waals surface area contributed by atoms with Crippen LogP contribution in [-0.2, 0) is 9.47 Å². The number of piperazine rings is 3. The summed E-state index contributed by atoms with van der Waals surface area (Å²) < 4.78 is 22.6. The van der Waals surface area contributed by atoms with Gasteiger partial charge in [0.25, 0.3) is 17.7 Å². The van der Waals surface area contributed by atoms with Gasteiger partial charge in [-0.25, -0.2) is 39.5 Å². The van der Waals surface area contributed by atoms with Crippen molar-refractivity contribution in [2.45, 2.75) is 52.7 Å². The Kier molecular flexibility index (Phi) is 20.6. The van der Waals surface area contributed by atoms with Gasteiger partial charge in [0, 0.05) is 126 Å². The third-order valence-corrected chi connectivity index (χ3v) is 15.2. The highest BCUT2D eigenvalue weighted by atomic mass is 35.5. The first-order valence-electron chi connectivity index (χ1n) is 31.1. The molecule has 96 heavy (non-hydrogen) atoms. The largest absolute Gasteiger partial charge is 0.453 e. The third-order valence-electron chi connectivity index (χ3n) is 15.1. The van der Waals surface area contributed by atoms with E-state index in [0.717, 1.165) is 65.2 Å². The van der Waals surface area contributed by atoms with Crippen LogP contribution in [0.15, 0.2) is 162 Å². The third kappa shape index (κ3) is 17.1. The number of aromatic nitrogens is 9. The van der Waals surface area contributed by atoms with Crippen LogP contribution in [0.4, 0.5) is 43.7 Å². The molecule has 13 rings (SSSR count). The van der Waals surface area contributed by atoms with Crippen LogP contribution in [0.3, 0.4) is 0 Å². The van der Waals surface area contributed by atoms with Gasteiger partial charge in [-0.05, 0) is 114 Å². The van der Waals surface area contributed by atoms with Crippen molar-refractivity contribution in [3.63, 3.8) is 0 Å². The zero-order valence-corrected chi connectivity index (χ0v) is 54.5. The number of carbonyl (C=O) groups excluding carboxylic acids is 5. The average molecular weight is 1320 g/mol. The van der Waals surface area contributed by atoms with Gasteiger partial charge in [0.2, 0.25) is 5.28 Å². The Balaban J connectivity index is 0.000000148. The fourth-order valence-electron chi connectivity index (χ4n) is 10.5. The molecule has 0 spiro atoms. The van der Waals surface area contributed by atoms with Gasteiger partial charge >= 0.3 is 12.2 Å². The molecule has 0 atom stereocenters. The van der Waals surface area contributed by atoms with Crippen molar-refractivity contribution in [3.05, 3.63) is 175 Å². The zero-order valence-electron chi connectivity index (χ0n) is 53.7. The minimum absolute atomic E-state index is 0.00215. The van der Waals surface area contributed by atoms with E-state index >= 15 is 0 Å². The molecule has 0 radical (unpaired) electrons. The summed E-state index contributed by atoms with van der Waals surface area (Å²) in [6.45, 7) is 19.1. The van der Waals surface area contributed by atoms with Gasteiger partial charge in [0.1, 0.15) is 39.4 Å². The van der Waals surface area contributed by atoms with Crippen molar-refractivity contribution in [3.8, 4) is 23.2 Å². The Labute approximate surface area is 557 Å². The molecule has 8 aromatic heterocycles. The number of fused-ring (bicyclic) bond motifs is 2. The molecule has 4 N–H and O–H groups in total. The van der Waals surface area contributed by atoms with Gasteiger partial charge in [0.15, 0.2) is 23.2 Å². The number of anilines is 6. The van der Waals surface area contributed by atoms with E-state index in [1.807, 2.05) is 120 Å². The van der Waals surface area contributed by atoms with Crippen LogP contribution in [0.25, 0.3) is 45.1 Å². The highest BCUT2D eigenvalue weighted by Gasteiger charge is 2.30. The molecule has 0 bridgehead atoms. The number of hydrogen-bond donors (Lipinski definition) is 4. The number of furan rings is 2. The minimum atomic E-state index is -0.540. The number of halogens is 1. The van der Waals surface area contributed by atoms with Gasteiger partial charge in [-0.2, -0.15) is 0 Å². The normalized spacial score (nSPS) is 14.2. The predicted molar refractivity (Wildman–Crippen MR) is 363 cm³/mol. The number of rotatable bonds is 11. The van der Waals surface area contributed by atoms with Crippen LogP contribution < -0.4 is 36.0 Å². The molecule has 3 fully saturated rings. The van der Waals surface area contributed by atoms with Gasteiger partial charge in [-0.15, -0.1) is 0 Å². The molecule has 11 heterocycles. The first kappa shape index (κ1) is 66.3. The summed E-state index contributed by atoms with van der Waals surface area (Å²) in [5, 5.41) is 13.9. The second-order valence-electron chi connectivity index (χ2n) is 24.2. The predicted octanol–water partition coefficient (Wildman–Crippen LogP) is 10.4. The Morgan fingerprint density at radius 3 is 1.20 bits per heavy atom. The van der Waals surface area contributed by atoms with E-state index in [1.165, 1.54) is 18.5 Å². The number of nitrogens with one attached hydrogen (secondary N) is 4. The van der Waals surface area contributed by atoms with E-state index in [4.69, 9.17) is 29.9 Å². The van der Waals surface area contributed by atoms with Gasteiger partial charge in [-0.1, -0.05) is 36.4 Å². The number of amides is 5. The van der Waals surface area contributed by atoms with Crippen LogP contribution in [0.2, 0.25) is 5.28 Å². The lowest BCUT2D eigenvalue weighted by Gasteiger charge is -2.37. The summed E-state index contributed by atoms with van der Waals surface area (Å²) in [5.74, 6) is 0.590. The quantitative estimate of drug-likeness (QED) is 0.0875. The van der Waals surface area contributed by atoms with E-state index in [0.29, 0.717) is 92.6 Å². The topological polar surface area (TPSA) is 310 Å². The molecular formula is C68H71ClN18O9. The summed E-state index contributed by atoms with van der Waals surface area (Å²) in [7, 11) is 0. The maximum Gasteiger partial charge on any atom is 0.410 e. The van der Waals surface area contributed by atoms with Crippen LogP contribution in [0.5, 0.6) is 0 Å². The summed E-state index contributed by atoms with van der Waals surface area (Å²) in [4.78, 5) is 111. The maximum absolute atomic E-state index is 13.1. The van der Waals surface area contributed by atoms with Gasteiger partial charge in [0.05, 0.1) is 52.7 Å². The molecule has 0 saturated carbocycles. The molecule has 3 aliphatic heterocycles. The second kappa shape index (κ2) is 29.8. The van der Waals surface area contributed by atoms with Gasteiger partial charge in [-0.3, -0.25) is 29.3 Å². The van der Waals surface area contributed by atoms with E-state index in [9.17, 15) is 24.0 Å². The number of carbonyl (C=O) groups is 5. The molecule has 0 aliphatic carbocycles. The van der Waals surface area contributed by atoms with E-state index < -0.39 is 17.1 Å². The molecule has 494 valence electrons. The van der Waals surface area contributed by atoms with Crippen molar-refractivity contribution >= 4 is 97.6 Å². The molecule has 27 nitrogen and oxygen atoms in total. The van der Waals surface area contributed by atoms with Crippen LogP contribution in [0, 0.1) is 0 Å². The smallest absolute Gasteiger partial charge is 0.410 e. The fourth-order valence-corrected chi connectivity index (χ4v) is 10.7. The Bertz CT molecular complexity index is 4330. The molecule has 5 amide bonds. The number of ether oxygens (including phenoxy) is 2. The molecule has 3 saturated heterocycles. The number of hydrogen-bond acceptors (Lipinski definition) is 22. The van der Waals surface area contributed by atoms with Crippen molar-refractivity contribution in [1.29, 1.82) is 0 Å². The first-order valence-corrected chi connectivity index (χ1v) is 31.5. The average Bonchev–Trinajstić information content (AvgIpc) is 1.51. The summed E-state index contributed by atoms with van der Waals surface area (Å²) in [6.07, 6.45) is 13.8. The van der Waals surface area contributed by atoms with Crippen LogP contribution in [-0.4, -0.2) is 174 Å². The maximum atomic E-state index is 13.1. The SMILES string of the molecule is CC(C)(C)OC(=O)N1CCN(c2ccncc2NC(=O)c2ccnc(-c3cc4ccccc4o3)n2)CC1.CC(C)(C)OC(=O)N1CCN(c2ccncc2NC(=O)c2ccnc(Cl)n2)CC1.O=C(Nc1cnccc1N1CCNCC1)c1ccnc(-c2cc3ccccc3o2)n1. The number of para-hydroxylation sites is 2. The summed E-state index contributed by atoms with van der Waals surface area (Å²) >= 11 is 5.76. The minimum Gasteiger partial charge on any atom is -0.453 e. The Morgan fingerprint density at radius 2 is 0.823 bits per heavy atom. The lowest BCUT2D eigenvalue weighted by atomic mass is 10.2. The highest BCUT2D eigenvalue weighted by molar-refractivity contribution is 6.28. The number of pyridine rings is 3. The van der Waals surface area contributed by atoms with Gasteiger partial charge < -0.3 is 64.1 Å². The van der Waals surface area contributed by atoms with Crippen LogP contribution in [0.1, 0.15) is 73.0 Å². The second-order valence-corrected chi connectivity index (χ2v) is 24.6. The number of nitrogens with zero attached hydrogens (tertiary/aromatic N) is 14. The summed E-state index contributed by atoms with van der Waals surface area (Å²) in [5.41, 5.74) is 5.39. The number of benzene rings is 2. The van der Waals surface area contributed by atoms with Crippen molar-refractivity contribution in [2.24, 2.45) is 0 Å². The van der Waals surface area contributed by atoms with Crippen molar-refractivity contribution < 1.29 is 42.3 Å². The monoisotopic (exact) mass is 1320 g/mol. The Hall–Kier alpha value is -11.2. The molecule has 2 aromatic carbocycles. The lowest BCUT2D eigenvalue weighted by molar-refractivity contribution is 0.0230. The molecule has 0 unspecified atom stereocenters. The van der Waals surface area contributed by atoms with E-state index in [1.54, 1.807) is 65.3 Å². The zero-order chi connectivity index (χ0) is 67.3. The first-order chi connectivity index (χ1) is 46.3. The van der Waals surface area contributed by atoms with Crippen molar-refractivity contribution in [1.82, 2.24) is 60.0 Å². The highest BCUT2D eigenvalue weighted by Crippen LogP contribution is 2.32. The van der Waals surface area contributed by atoms with E-state index in [2.05, 4.69) is 80.8 Å². The van der Waals surface area contributed by atoms with E-state index in [-0.39, 0.29) is 46.4 Å². The lowest BCUT2D eigenvalue weighted by Crippen LogP contribution is -2.50. The summed E-state index contributed by atoms with van der Waals surface area (Å²) in [6, 6.07) is 29.2. The Morgan fingerprint density at radius 1 is 0.458 bits per heavy atom. The van der Waals surface area contributed by atoms with Crippen LogP contribution >= 0.6 is 11.6 Å². The molecule has 10 aromatic rings. The molecule has 3 aliphatic rings. The fraction of sp³-hybridized carbons (Fsp3) is 0.294. The standard InChI is InChI=1S/C27H28N6O4.C22H20N6O2.C19H23ClN6O3/c1-27(2,3)37-26(35)33-14-12-32(13-15-33)21-9-10-28-17-20(21)31-25(34)19-8-11-29-24(30-19)23-16-18-6-4-5-7-22(18)36-23;29-22(27-17-14-24-7-6-18(17)28-11-9-23-10-12-28)16-5-8-25-21(26-16)20-13-15-3-1-2-4-19(15)30-20;1-19(2,3)29-18(28)26-10-8-25(9-11-26)15-5-6-21-12-14(15)23-16(27)13-4-7-22-17(20)24-13/h4-11,16-17H,12-15H2,1-3H3,(H,31,34);1-8,13-14,23H,9-12H2,(H,27,29);4-7,12H,8-11H2,1-3H3,(H,23,27). The molecular weight excluding hydrogens is 1250 g/mol. The molecule has 28 heteroatoms. The van der Waals surface area contributed by atoms with Crippen molar-refractivity contribution in [2.75, 3.05) is 109 Å².